The third kappa shape index (κ3) is 0.654. The monoisotopic (exact) mass is 112 g/mol. The number of rotatable bonds is 0. The van der Waals surface area contributed by atoms with E-state index in [1.807, 2.05) is 20.0 Å². The van der Waals surface area contributed by atoms with Crippen molar-refractivity contribution in [3.63, 3.8) is 0 Å². The molecule has 2 atom stereocenters. The van der Waals surface area contributed by atoms with Crippen molar-refractivity contribution in [1.29, 1.82) is 0 Å². The van der Waals surface area contributed by atoms with Crippen LogP contribution in [-0.4, -0.2) is 16.8 Å². The highest BCUT2D eigenvalue weighted by molar-refractivity contribution is 5.19. The van der Waals surface area contributed by atoms with Gasteiger partial charge in [0.05, 0.1) is 6.10 Å². The SMILES string of the molecule is CC1OC1(C)C#CO. The van der Waals surface area contributed by atoms with Gasteiger partial charge in [0.1, 0.15) is 6.11 Å². The number of aliphatic hydroxyl groups is 1. The van der Waals surface area contributed by atoms with Crippen LogP contribution in [-0.2, 0) is 4.74 Å². The summed E-state index contributed by atoms with van der Waals surface area (Å²) in [5.74, 6) is 2.53. The average molecular weight is 112 g/mol. The van der Waals surface area contributed by atoms with Crippen molar-refractivity contribution in [2.45, 2.75) is 25.6 Å². The molecule has 0 aromatic heterocycles. The summed E-state index contributed by atoms with van der Waals surface area (Å²) in [5, 5.41) is 8.12. The van der Waals surface area contributed by atoms with Crippen LogP contribution in [0.3, 0.4) is 0 Å². The molecule has 0 bridgehead atoms. The molecule has 8 heavy (non-hydrogen) atoms. The second-order valence-corrected chi connectivity index (χ2v) is 2.10. The van der Waals surface area contributed by atoms with Crippen LogP contribution in [0.1, 0.15) is 13.8 Å². The highest BCUT2D eigenvalue weighted by Gasteiger charge is 2.47. The maximum atomic E-state index is 8.12. The number of aliphatic hydroxyl groups excluding tert-OH is 1. The van der Waals surface area contributed by atoms with Gasteiger partial charge >= 0.3 is 0 Å². The van der Waals surface area contributed by atoms with Gasteiger partial charge in [-0.25, -0.2) is 0 Å². The van der Waals surface area contributed by atoms with E-state index in [0.717, 1.165) is 0 Å². The summed E-state index contributed by atoms with van der Waals surface area (Å²) >= 11 is 0. The lowest BCUT2D eigenvalue weighted by atomic mass is 10.1. The molecule has 1 aliphatic rings. The van der Waals surface area contributed by atoms with Gasteiger partial charge in [-0.2, -0.15) is 0 Å². The summed E-state index contributed by atoms with van der Waals surface area (Å²) in [5.41, 5.74) is -0.352. The third-order valence-corrected chi connectivity index (χ3v) is 1.44. The number of hydrogen-bond donors (Lipinski definition) is 1. The summed E-state index contributed by atoms with van der Waals surface area (Å²) in [6.07, 6.45) is 2.01. The Morgan fingerprint density at radius 3 is 2.38 bits per heavy atom. The molecule has 1 fully saturated rings. The summed E-state index contributed by atoms with van der Waals surface area (Å²) in [6.45, 7) is 3.77. The van der Waals surface area contributed by atoms with Gasteiger partial charge in [-0.15, -0.1) is 0 Å². The topological polar surface area (TPSA) is 32.8 Å². The van der Waals surface area contributed by atoms with Crippen LogP contribution in [0, 0.1) is 12.0 Å². The fourth-order valence-corrected chi connectivity index (χ4v) is 0.575. The largest absolute Gasteiger partial charge is 0.462 e. The van der Waals surface area contributed by atoms with E-state index < -0.39 is 0 Å². The molecule has 0 radical (unpaired) electrons. The van der Waals surface area contributed by atoms with E-state index in [9.17, 15) is 0 Å². The van der Waals surface area contributed by atoms with Crippen molar-refractivity contribution in [2.24, 2.45) is 0 Å². The Morgan fingerprint density at radius 2 is 2.25 bits per heavy atom. The fourth-order valence-electron chi connectivity index (χ4n) is 0.575. The molecule has 0 amide bonds. The molecular formula is C6H8O2. The first-order valence-electron chi connectivity index (χ1n) is 2.53. The maximum Gasteiger partial charge on any atom is 0.155 e. The lowest BCUT2D eigenvalue weighted by Crippen LogP contribution is -2.02. The van der Waals surface area contributed by atoms with Crippen molar-refractivity contribution < 1.29 is 9.84 Å². The van der Waals surface area contributed by atoms with Crippen molar-refractivity contribution in [3.8, 4) is 12.0 Å². The van der Waals surface area contributed by atoms with Crippen molar-refractivity contribution in [3.05, 3.63) is 0 Å². The van der Waals surface area contributed by atoms with Gasteiger partial charge in [-0.3, -0.25) is 0 Å². The molecule has 44 valence electrons. The first kappa shape index (κ1) is 5.46. The second-order valence-electron chi connectivity index (χ2n) is 2.10. The van der Waals surface area contributed by atoms with Crippen LogP contribution in [0.4, 0.5) is 0 Å². The molecule has 0 aliphatic carbocycles. The first-order valence-corrected chi connectivity index (χ1v) is 2.53. The maximum absolute atomic E-state index is 8.12. The Labute approximate surface area is 48.5 Å². The smallest absolute Gasteiger partial charge is 0.155 e. The molecule has 1 rings (SSSR count). The Balaban J connectivity index is 2.55. The molecule has 0 aromatic carbocycles. The molecular weight excluding hydrogens is 104 g/mol. The Hall–Kier alpha value is -0.680. The zero-order valence-corrected chi connectivity index (χ0v) is 4.93. The van der Waals surface area contributed by atoms with Crippen molar-refractivity contribution >= 4 is 0 Å². The molecule has 0 saturated carbocycles. The number of hydrogen-bond acceptors (Lipinski definition) is 2. The zero-order chi connectivity index (χ0) is 6.20. The van der Waals surface area contributed by atoms with Gasteiger partial charge in [0.15, 0.2) is 5.60 Å². The van der Waals surface area contributed by atoms with E-state index in [4.69, 9.17) is 9.84 Å². The minimum absolute atomic E-state index is 0.183. The summed E-state index contributed by atoms with van der Waals surface area (Å²) < 4.78 is 5.01. The molecule has 2 unspecified atom stereocenters. The Morgan fingerprint density at radius 1 is 1.75 bits per heavy atom. The predicted octanol–water partition coefficient (Wildman–Crippen LogP) is 0.497. The van der Waals surface area contributed by atoms with Crippen LogP contribution in [0.25, 0.3) is 0 Å². The average Bonchev–Trinajstić information content (AvgIpc) is 2.16. The molecule has 0 aromatic rings. The fraction of sp³-hybridized carbons (Fsp3) is 0.667. The van der Waals surface area contributed by atoms with Crippen LogP contribution in [0.15, 0.2) is 0 Å². The van der Waals surface area contributed by atoms with Crippen LogP contribution >= 0.6 is 0 Å². The van der Waals surface area contributed by atoms with Gasteiger partial charge in [0, 0.05) is 0 Å². The van der Waals surface area contributed by atoms with E-state index in [-0.39, 0.29) is 11.7 Å². The van der Waals surface area contributed by atoms with Crippen LogP contribution in [0.5, 0.6) is 0 Å². The standard InChI is InChI=1S/C6H8O2/c1-5-6(2,8-5)3-4-7/h5,7H,1-2H3. The number of ether oxygens (including phenoxy) is 1. The summed E-state index contributed by atoms with van der Waals surface area (Å²) in [6, 6.07) is 0. The van der Waals surface area contributed by atoms with Gasteiger partial charge in [-0.05, 0) is 19.8 Å². The molecule has 1 aliphatic heterocycles. The molecule has 2 heteroatoms. The molecule has 2 nitrogen and oxygen atoms in total. The van der Waals surface area contributed by atoms with E-state index in [0.29, 0.717) is 0 Å². The molecule has 1 N–H and O–H groups in total. The zero-order valence-electron chi connectivity index (χ0n) is 4.93. The van der Waals surface area contributed by atoms with Gasteiger partial charge in [0.2, 0.25) is 0 Å². The summed E-state index contributed by atoms with van der Waals surface area (Å²) in [7, 11) is 0. The third-order valence-electron chi connectivity index (χ3n) is 1.44. The highest BCUT2D eigenvalue weighted by atomic mass is 16.6. The Kier molecular flexibility index (Phi) is 0.952. The van der Waals surface area contributed by atoms with Crippen LogP contribution in [0.2, 0.25) is 0 Å². The lowest BCUT2D eigenvalue weighted by Gasteiger charge is -1.85. The van der Waals surface area contributed by atoms with Crippen LogP contribution < -0.4 is 0 Å². The molecule has 1 saturated heterocycles. The molecule has 0 spiro atoms. The van der Waals surface area contributed by atoms with E-state index in [1.54, 1.807) is 0 Å². The van der Waals surface area contributed by atoms with E-state index >= 15 is 0 Å². The minimum Gasteiger partial charge on any atom is -0.462 e. The normalized spacial score (nSPS) is 42.5. The lowest BCUT2D eigenvalue weighted by molar-refractivity contribution is 0.353. The predicted molar refractivity (Wildman–Crippen MR) is 28.7 cm³/mol. The van der Waals surface area contributed by atoms with Crippen molar-refractivity contribution in [2.75, 3.05) is 0 Å². The summed E-state index contributed by atoms with van der Waals surface area (Å²) in [4.78, 5) is 0. The minimum atomic E-state index is -0.352. The van der Waals surface area contributed by atoms with Gasteiger partial charge in [-0.1, -0.05) is 0 Å². The number of epoxide rings is 1. The van der Waals surface area contributed by atoms with Crippen molar-refractivity contribution in [1.82, 2.24) is 0 Å². The van der Waals surface area contributed by atoms with Gasteiger partial charge < -0.3 is 9.84 Å². The Bertz CT molecular complexity index is 154. The molecule has 1 heterocycles. The second kappa shape index (κ2) is 1.40. The van der Waals surface area contributed by atoms with Gasteiger partial charge in [0.25, 0.3) is 0 Å². The highest BCUT2D eigenvalue weighted by Crippen LogP contribution is 2.34. The first-order chi connectivity index (χ1) is 3.69. The van der Waals surface area contributed by atoms with E-state index in [2.05, 4.69) is 5.92 Å². The van der Waals surface area contributed by atoms with E-state index in [1.165, 1.54) is 0 Å². The quantitative estimate of drug-likeness (QED) is 0.365.